The van der Waals surface area contributed by atoms with Crippen LogP contribution >= 0.6 is 0 Å². The van der Waals surface area contributed by atoms with Gasteiger partial charge in [0, 0.05) is 6.04 Å². The Balaban J connectivity index is 1.59. The molecule has 1 unspecified atom stereocenters. The van der Waals surface area contributed by atoms with Crippen molar-refractivity contribution in [3.8, 4) is 0 Å². The lowest BCUT2D eigenvalue weighted by Crippen LogP contribution is -2.57. The molecule has 1 aromatic carbocycles. The van der Waals surface area contributed by atoms with Crippen LogP contribution in [0, 0.1) is 5.92 Å². The molecule has 1 aliphatic heterocycles. The minimum atomic E-state index is -1.33. The van der Waals surface area contributed by atoms with Crippen molar-refractivity contribution < 1.29 is 19.9 Å². The fourth-order valence-electron chi connectivity index (χ4n) is 5.06. The number of aliphatic carboxylic acids is 1. The molecule has 0 saturated carbocycles. The average molecular weight is 388 g/mol. The monoisotopic (exact) mass is 388 g/mol. The highest BCUT2D eigenvalue weighted by Gasteiger charge is 2.43. The fourth-order valence-corrected chi connectivity index (χ4v) is 5.06. The van der Waals surface area contributed by atoms with E-state index in [-0.39, 0.29) is 12.2 Å². The van der Waals surface area contributed by atoms with Crippen LogP contribution in [0.5, 0.6) is 0 Å². The number of aryl methyl sites for hydroxylation is 1. The van der Waals surface area contributed by atoms with E-state index in [0.717, 1.165) is 38.8 Å². The van der Waals surface area contributed by atoms with Crippen LogP contribution in [0.15, 0.2) is 24.3 Å². The first kappa shape index (κ1) is 21.3. The third-order valence-corrected chi connectivity index (χ3v) is 6.74. The molecule has 1 fully saturated rings. The number of nitrogens with zero attached hydrogens (tertiary/aromatic N) is 1. The zero-order valence-electron chi connectivity index (χ0n) is 16.6. The van der Waals surface area contributed by atoms with E-state index in [2.05, 4.69) is 29.2 Å². The first-order valence-electron chi connectivity index (χ1n) is 10.6. The van der Waals surface area contributed by atoms with Gasteiger partial charge in [0.2, 0.25) is 0 Å². The lowest BCUT2D eigenvalue weighted by atomic mass is 9.73. The van der Waals surface area contributed by atoms with Gasteiger partial charge in [-0.25, -0.2) is 0 Å². The Kier molecular flexibility index (Phi) is 7.15. The number of nitrogens with two attached hydrogens (primary N) is 1. The number of rotatable bonds is 8. The lowest BCUT2D eigenvalue weighted by molar-refractivity contribution is -0.147. The molecule has 3 rings (SSSR count). The molecule has 0 spiro atoms. The van der Waals surface area contributed by atoms with Crippen molar-refractivity contribution in [3.05, 3.63) is 35.4 Å². The molecule has 5 N–H and O–H groups in total. The van der Waals surface area contributed by atoms with Crippen molar-refractivity contribution in [1.29, 1.82) is 0 Å². The quantitative estimate of drug-likeness (QED) is 0.402. The summed E-state index contributed by atoms with van der Waals surface area (Å²) in [4.78, 5) is 14.5. The van der Waals surface area contributed by atoms with Gasteiger partial charge in [0.05, 0.1) is 0 Å². The van der Waals surface area contributed by atoms with Crippen molar-refractivity contribution in [2.45, 2.75) is 69.3 Å². The van der Waals surface area contributed by atoms with Gasteiger partial charge in [0.1, 0.15) is 5.54 Å². The maximum absolute atomic E-state index is 12.0. The molecule has 0 radical (unpaired) electrons. The van der Waals surface area contributed by atoms with Crippen LogP contribution in [-0.2, 0) is 11.2 Å². The Bertz CT molecular complexity index is 664. The third-order valence-electron chi connectivity index (χ3n) is 6.74. The molecule has 28 heavy (non-hydrogen) atoms. The number of carboxylic acids is 1. The number of unbranched alkanes of at least 4 members (excludes halogenated alkanes) is 1. The van der Waals surface area contributed by atoms with Crippen LogP contribution in [0.4, 0.5) is 0 Å². The maximum Gasteiger partial charge on any atom is 0.451 e. The Labute approximate surface area is 167 Å². The predicted octanol–water partition coefficient (Wildman–Crippen LogP) is 2.20. The van der Waals surface area contributed by atoms with Crippen LogP contribution in [0.2, 0.25) is 6.32 Å². The number of hydrogen-bond acceptors (Lipinski definition) is 5. The molecule has 1 saturated heterocycles. The molecular weight excluding hydrogens is 355 g/mol. The molecule has 0 bridgehead atoms. The number of hydrogen-bond donors (Lipinski definition) is 4. The number of piperidine rings is 1. The van der Waals surface area contributed by atoms with E-state index in [0.29, 0.717) is 25.3 Å². The van der Waals surface area contributed by atoms with Crippen LogP contribution in [0.3, 0.4) is 0 Å². The Morgan fingerprint density at radius 1 is 1.18 bits per heavy atom. The molecule has 1 heterocycles. The van der Waals surface area contributed by atoms with Crippen LogP contribution in [0.25, 0.3) is 0 Å². The maximum atomic E-state index is 12.0. The van der Waals surface area contributed by atoms with E-state index in [1.165, 1.54) is 17.5 Å². The second-order valence-electron chi connectivity index (χ2n) is 8.49. The first-order chi connectivity index (χ1) is 13.4. The first-order valence-corrected chi connectivity index (χ1v) is 10.6. The fraction of sp³-hybridized carbons (Fsp3) is 0.667. The zero-order chi connectivity index (χ0) is 20.1. The molecule has 7 heteroatoms. The topological polar surface area (TPSA) is 107 Å². The number of likely N-dealkylation sites (tertiary alicyclic amines) is 1. The van der Waals surface area contributed by atoms with Gasteiger partial charge in [-0.1, -0.05) is 37.1 Å². The Morgan fingerprint density at radius 3 is 2.57 bits per heavy atom. The molecule has 0 aromatic heterocycles. The predicted molar refractivity (Wildman–Crippen MR) is 110 cm³/mol. The molecule has 2 aliphatic rings. The highest BCUT2D eigenvalue weighted by molar-refractivity contribution is 6.40. The van der Waals surface area contributed by atoms with Gasteiger partial charge in [-0.05, 0) is 75.0 Å². The summed E-state index contributed by atoms with van der Waals surface area (Å²) in [5, 5.41) is 27.7. The standard InChI is InChI=1S/C21H33BN2O4/c23-21(20(25)26,12-3-4-13-22(27)28)17-10-14-24(15-11-17)19-9-5-7-16-6-1-2-8-18(16)19/h1-2,6,8,17,19,27-28H,3-5,7,9-15,23H2,(H,25,26)/t19?,21-/m1/s1. The summed E-state index contributed by atoms with van der Waals surface area (Å²) in [7, 11) is -1.33. The van der Waals surface area contributed by atoms with Crippen LogP contribution in [-0.4, -0.2) is 51.8 Å². The Morgan fingerprint density at radius 2 is 1.89 bits per heavy atom. The van der Waals surface area contributed by atoms with E-state index < -0.39 is 18.6 Å². The second kappa shape index (κ2) is 9.40. The summed E-state index contributed by atoms with van der Waals surface area (Å²) >= 11 is 0. The molecular formula is C21H33BN2O4. The third kappa shape index (κ3) is 4.77. The van der Waals surface area contributed by atoms with Crippen LogP contribution < -0.4 is 5.73 Å². The summed E-state index contributed by atoms with van der Waals surface area (Å²) in [5.41, 5.74) is 8.05. The summed E-state index contributed by atoms with van der Waals surface area (Å²) in [5.74, 6) is -0.974. The largest absolute Gasteiger partial charge is 0.480 e. The molecule has 6 nitrogen and oxygen atoms in total. The molecule has 154 valence electrons. The highest BCUT2D eigenvalue weighted by Crippen LogP contribution is 2.38. The summed E-state index contributed by atoms with van der Waals surface area (Å²) < 4.78 is 0. The van der Waals surface area contributed by atoms with Crippen molar-refractivity contribution in [1.82, 2.24) is 4.90 Å². The molecule has 0 amide bonds. The van der Waals surface area contributed by atoms with Crippen molar-refractivity contribution in [2.24, 2.45) is 11.7 Å². The smallest absolute Gasteiger partial charge is 0.451 e. The minimum Gasteiger partial charge on any atom is -0.480 e. The lowest BCUT2D eigenvalue weighted by Gasteiger charge is -2.44. The number of benzene rings is 1. The SMILES string of the molecule is N[C@@](CCCCB(O)O)(C(=O)O)C1CCN(C2CCCc3ccccc32)CC1. The highest BCUT2D eigenvalue weighted by atomic mass is 16.4. The normalized spacial score (nSPS) is 23.0. The van der Waals surface area contributed by atoms with Crippen molar-refractivity contribution in [3.63, 3.8) is 0 Å². The van der Waals surface area contributed by atoms with Gasteiger partial charge < -0.3 is 20.9 Å². The Hall–Kier alpha value is -1.41. The van der Waals surface area contributed by atoms with E-state index in [1.54, 1.807) is 0 Å². The molecule has 1 aliphatic carbocycles. The summed E-state index contributed by atoms with van der Waals surface area (Å²) in [6, 6.07) is 9.13. The number of carbonyl (C=O) groups is 1. The second-order valence-corrected chi connectivity index (χ2v) is 8.49. The van der Waals surface area contributed by atoms with Gasteiger partial charge >= 0.3 is 13.1 Å². The van der Waals surface area contributed by atoms with Crippen molar-refractivity contribution >= 4 is 13.1 Å². The van der Waals surface area contributed by atoms with Gasteiger partial charge in [0.25, 0.3) is 0 Å². The van der Waals surface area contributed by atoms with E-state index >= 15 is 0 Å². The molecule has 1 aromatic rings. The molecule has 2 atom stereocenters. The summed E-state index contributed by atoms with van der Waals surface area (Å²) in [6.45, 7) is 1.76. The van der Waals surface area contributed by atoms with Gasteiger partial charge in [-0.15, -0.1) is 0 Å². The number of fused-ring (bicyclic) bond motifs is 1. The van der Waals surface area contributed by atoms with E-state index in [4.69, 9.17) is 15.8 Å². The summed E-state index contributed by atoms with van der Waals surface area (Å²) in [6.07, 6.45) is 6.91. The zero-order valence-corrected chi connectivity index (χ0v) is 16.6. The average Bonchev–Trinajstić information content (AvgIpc) is 2.70. The number of carboxylic acid groups (broad SMARTS) is 1. The van der Waals surface area contributed by atoms with Crippen molar-refractivity contribution in [2.75, 3.05) is 13.1 Å². The minimum absolute atomic E-state index is 0.0425. The van der Waals surface area contributed by atoms with Crippen LogP contribution in [0.1, 0.15) is 62.1 Å². The van der Waals surface area contributed by atoms with Gasteiger partial charge in [-0.2, -0.15) is 0 Å². The van der Waals surface area contributed by atoms with E-state index in [9.17, 15) is 9.90 Å². The van der Waals surface area contributed by atoms with E-state index in [1.807, 2.05) is 0 Å². The van der Waals surface area contributed by atoms with Gasteiger partial charge in [-0.3, -0.25) is 9.69 Å². The van der Waals surface area contributed by atoms with Gasteiger partial charge in [0.15, 0.2) is 0 Å².